The van der Waals surface area contributed by atoms with Crippen molar-refractivity contribution in [3.8, 4) is 11.5 Å². The number of methoxy groups -OCH3 is 3. The minimum absolute atomic E-state index is 0. The summed E-state index contributed by atoms with van der Waals surface area (Å²) in [6.07, 6.45) is 20.8. The number of anilines is 1. The summed E-state index contributed by atoms with van der Waals surface area (Å²) in [5.41, 5.74) is 12.2. The quantitative estimate of drug-likeness (QED) is 0.0262. The van der Waals surface area contributed by atoms with Crippen LogP contribution >= 0.6 is 0 Å². The van der Waals surface area contributed by atoms with Crippen molar-refractivity contribution in [1.29, 1.82) is 0 Å². The van der Waals surface area contributed by atoms with Gasteiger partial charge in [0.05, 0.1) is 53.0 Å². The molecular weight excluding hydrogens is 1630 g/mol. The molecule has 8 heterocycles. The van der Waals surface area contributed by atoms with Crippen molar-refractivity contribution in [2.75, 3.05) is 83.6 Å². The number of benzene rings is 4. The maximum absolute atomic E-state index is 12.1. The van der Waals surface area contributed by atoms with Crippen molar-refractivity contribution in [3.05, 3.63) is 140 Å². The first-order valence-electron chi connectivity index (χ1n) is 38.3. The third kappa shape index (κ3) is 26.0. The van der Waals surface area contributed by atoms with Crippen molar-refractivity contribution >= 4 is 99.6 Å². The number of aliphatic carboxylic acids is 1. The molecule has 0 bridgehead atoms. The van der Waals surface area contributed by atoms with Crippen LogP contribution in [0.2, 0.25) is 0 Å². The number of carbonyl (C=O) groups excluding carboxylic acids is 1. The first-order chi connectivity index (χ1) is 53.2. The van der Waals surface area contributed by atoms with Crippen LogP contribution in [0.4, 0.5) is 30.0 Å². The molecule has 2 atom stereocenters. The van der Waals surface area contributed by atoms with Gasteiger partial charge in [0.15, 0.2) is 11.4 Å². The number of aryl methyl sites for hydroxylation is 2. The van der Waals surface area contributed by atoms with Crippen LogP contribution < -0.4 is 93.3 Å². The Labute approximate surface area is 730 Å². The number of rotatable bonds is 24. The number of carboxylic acids is 1. The molecule has 0 radical (unpaired) electrons. The van der Waals surface area contributed by atoms with Gasteiger partial charge in [-0.25, -0.2) is 38.2 Å². The monoisotopic (exact) mass is 1730 g/mol. The molecule has 8 aliphatic rings. The Morgan fingerprint density at radius 3 is 1.67 bits per heavy atom. The number of hydrogen-bond donors (Lipinski definition) is 1. The van der Waals surface area contributed by atoms with Crippen molar-refractivity contribution in [2.24, 2.45) is 10.8 Å². The topological polar surface area (TPSA) is 351 Å². The molecule has 117 heavy (non-hydrogen) atoms. The van der Waals surface area contributed by atoms with E-state index in [1.807, 2.05) is 48.2 Å². The van der Waals surface area contributed by atoms with E-state index < -0.39 is 87.7 Å². The van der Waals surface area contributed by atoms with E-state index in [0.29, 0.717) is 47.5 Å². The maximum atomic E-state index is 12.1. The second-order valence-electron chi connectivity index (χ2n) is 31.8. The minimum atomic E-state index is -4.81. The fourth-order valence-corrected chi connectivity index (χ4v) is 18.1. The van der Waals surface area contributed by atoms with E-state index >= 15 is 0 Å². The Kier molecular flexibility index (Phi) is 37.1. The number of ether oxygens (including phenoxy) is 6. The zero-order chi connectivity index (χ0) is 84.4. The summed E-state index contributed by atoms with van der Waals surface area (Å²) in [5.74, 6) is 1.56. The number of allylic oxidation sites excluding steroid dienone is 8. The molecule has 0 saturated heterocycles. The van der Waals surface area contributed by atoms with Gasteiger partial charge in [0.2, 0.25) is 16.7 Å². The molecule has 0 fully saturated rings. The van der Waals surface area contributed by atoms with Gasteiger partial charge < -0.3 is 61.3 Å². The van der Waals surface area contributed by atoms with E-state index in [1.165, 1.54) is 134 Å². The Bertz CT molecular complexity index is 5130. The summed E-state index contributed by atoms with van der Waals surface area (Å²) < 4.78 is 206. The number of fused-ring (bicyclic) bond motifs is 6. The minimum Gasteiger partial charge on any atom is -1.00 e. The molecule has 1 N–H and O–H groups in total. The fourth-order valence-electron chi connectivity index (χ4n) is 16.1. The van der Waals surface area contributed by atoms with Crippen molar-refractivity contribution in [1.82, 2.24) is 4.58 Å². The molecule has 36 heteroatoms. The third-order valence-electron chi connectivity index (χ3n) is 21.7. The molecule has 0 aromatic heterocycles. The molecule has 0 spiro atoms. The molecule has 634 valence electrons. The van der Waals surface area contributed by atoms with E-state index in [2.05, 4.69) is 96.4 Å². The van der Waals surface area contributed by atoms with Gasteiger partial charge in [-0.15, -0.1) is 0 Å². The van der Waals surface area contributed by atoms with E-state index in [9.17, 15) is 79.5 Å². The molecular formula is C81H107BF4N4Na2O21S4. The van der Waals surface area contributed by atoms with Crippen LogP contribution in [-0.2, 0) is 106 Å². The Morgan fingerprint density at radius 2 is 1.15 bits per heavy atom. The summed E-state index contributed by atoms with van der Waals surface area (Å²) in [6.45, 7) is 27.2. The smallest absolute Gasteiger partial charge is 1.00 e. The van der Waals surface area contributed by atoms with Crippen LogP contribution in [-0.4, -0.2) is 182 Å². The van der Waals surface area contributed by atoms with Gasteiger partial charge in [-0.2, -0.15) is 9.15 Å². The summed E-state index contributed by atoms with van der Waals surface area (Å²) in [7, 11) is -17.5. The molecule has 8 aliphatic heterocycles. The number of carbonyl (C=O) groups is 2. The fraction of sp³-hybridized carbons (Fsp3) is 0.543. The van der Waals surface area contributed by atoms with E-state index in [0.717, 1.165) is 85.1 Å². The van der Waals surface area contributed by atoms with Gasteiger partial charge in [-0.1, -0.05) is 53.7 Å². The predicted octanol–water partition coefficient (Wildman–Crippen LogP) is 2.10. The van der Waals surface area contributed by atoms with Gasteiger partial charge in [0.25, 0.3) is 6.48 Å². The normalized spacial score (nSPS) is 18.7. The number of hydrogen-bond acceptors (Lipinski definition) is 21. The predicted molar refractivity (Wildman–Crippen MR) is 424 cm³/mol. The number of esters is 1. The number of nitrogens with zero attached hydrogens (tertiary/aromatic N) is 4. The molecule has 0 amide bonds. The molecule has 2 unspecified atom stereocenters. The molecule has 4 aromatic rings. The van der Waals surface area contributed by atoms with Gasteiger partial charge >= 0.3 is 78.6 Å². The van der Waals surface area contributed by atoms with Crippen LogP contribution in [0.1, 0.15) is 192 Å². The second kappa shape index (κ2) is 42.5. The first-order valence-corrected chi connectivity index (χ1v) is 44.3. The summed E-state index contributed by atoms with van der Waals surface area (Å²) in [6, 6.07) is 12.8. The van der Waals surface area contributed by atoms with Crippen LogP contribution in [0.25, 0.3) is 11.1 Å². The maximum Gasteiger partial charge on any atom is 1.00 e. The van der Waals surface area contributed by atoms with Crippen LogP contribution in [0.15, 0.2) is 100 Å². The molecule has 12 rings (SSSR count). The van der Waals surface area contributed by atoms with Crippen LogP contribution in [0.5, 0.6) is 11.5 Å². The largest absolute Gasteiger partial charge is 1.00 e. The van der Waals surface area contributed by atoms with E-state index in [4.69, 9.17) is 14.2 Å². The number of carboxylic acid groups (broad SMARTS) is 1. The van der Waals surface area contributed by atoms with Crippen LogP contribution in [0, 0.1) is 10.8 Å². The third-order valence-corrected chi connectivity index (χ3v) is 24.9. The number of halogens is 4. The average Bonchev–Trinajstić information content (AvgIpc) is 1.69. The van der Waals surface area contributed by atoms with E-state index in [-0.39, 0.29) is 137 Å². The van der Waals surface area contributed by atoms with Gasteiger partial charge in [0, 0.05) is 159 Å². The zero-order valence-corrected chi connectivity index (χ0v) is 77.1. The zero-order valence-electron chi connectivity index (χ0n) is 69.9. The van der Waals surface area contributed by atoms with Gasteiger partial charge in [-0.3, -0.25) is 22.5 Å². The van der Waals surface area contributed by atoms with Crippen molar-refractivity contribution in [3.63, 3.8) is 0 Å². The summed E-state index contributed by atoms with van der Waals surface area (Å²) in [5, 5.41) is 12.3. The Morgan fingerprint density at radius 1 is 0.658 bits per heavy atom. The molecule has 25 nitrogen and oxygen atoms in total. The molecule has 0 aliphatic carbocycles. The van der Waals surface area contributed by atoms with Gasteiger partial charge in [-0.05, 0) is 157 Å². The van der Waals surface area contributed by atoms with E-state index in [1.54, 1.807) is 6.92 Å². The van der Waals surface area contributed by atoms with Crippen molar-refractivity contribution in [2.45, 2.75) is 206 Å². The van der Waals surface area contributed by atoms with Crippen LogP contribution in [0.3, 0.4) is 0 Å². The first kappa shape index (κ1) is 102. The second-order valence-corrected chi connectivity index (χ2v) is 37.6. The van der Waals surface area contributed by atoms with Crippen molar-refractivity contribution < 1.29 is 181 Å². The molecule has 4 aromatic carbocycles. The van der Waals surface area contributed by atoms with Gasteiger partial charge in [0.1, 0.15) is 69.4 Å². The SMILES string of the molecule is CC(C)(C)C1=C/C(=C\C=C\C2=[N+](CCCS(=O)(=O)[O-])c3ccc(S(=O)(=O)[O-])cc3C2(C)CCCC(=O)O)c2cc3c4c(c2O1)CCCN4CCC3.CC1=c2cc3c4c(c2OC(C(C)(C)C)=C1)CCC[N+]=4CCC3.CCOC(=O)CCCC1(C)C(C)=[N+](CCCS(=O)(=O)[O-])c2ccc(S(=O)(=O)[O-])cc21.COC(OC)OC.FB(F)F.[F-].[Na+].[Na+]. The Hall–Kier alpha value is -5.51. The average molecular weight is 1730 g/mol. The standard InChI is InChI=1S/C38H46N2O9S2.C20H26NO.C19H27NO8S2.C4H10O3.BF3.FH.2Na/c1-37(2,3)33-23-25(29-22-26-11-7-18-39-19-8-12-28(35(26)39)36(29)49-33)10-5-13-32-38(4,17-6-14-34(41)42)30-24-27(51(46,47)48)15-16-31(30)40(32)20-9-21-50(43,44)45;1-13-11-17(20(2,3)4)22-19-15-8-6-10-21-9-5-7-14(18(15)21)12-16(13)19;1-4-28-18(21)7-5-10-19(3)14(2)20(11-6-12-29(22,23)24)17-9-8-15(13-16(17)19)30(25,26)27;1-5-4(6-2)7-3;2-1(3)4;;;/h5,10,13,15-16,22-24H,6-9,11-12,14,17-21H2,1-4H3,(H2-,41,42,43,44,45,46,47,48);11-12H,5-10H2,1-4H3;8-9,13H,4-7,10-12H2,1-3H3,(H-,22,23,24,25,26,27);4H,1-3H3;;1H;;/q;+1;;;;;2*+1/p-3. The summed E-state index contributed by atoms with van der Waals surface area (Å²) >= 11 is 0. The Balaban J connectivity index is 0.000000312. The summed E-state index contributed by atoms with van der Waals surface area (Å²) in [4.78, 5) is 24.9. The molecule has 0 saturated carbocycles.